The molecule has 9 heteroatoms. The summed E-state index contributed by atoms with van der Waals surface area (Å²) in [6, 6.07) is 11.6. The van der Waals surface area contributed by atoms with E-state index < -0.39 is 0 Å². The fourth-order valence-electron chi connectivity index (χ4n) is 3.18. The summed E-state index contributed by atoms with van der Waals surface area (Å²) in [5.41, 5.74) is 1.79. The van der Waals surface area contributed by atoms with Crippen LogP contribution < -0.4 is 0 Å². The van der Waals surface area contributed by atoms with Gasteiger partial charge in [-0.2, -0.15) is 5.10 Å². The summed E-state index contributed by atoms with van der Waals surface area (Å²) < 4.78 is 13.2. The molecule has 0 bridgehead atoms. The number of carbonyl (C=O) groups is 2. The summed E-state index contributed by atoms with van der Waals surface area (Å²) in [7, 11) is 1.64. The highest BCUT2D eigenvalue weighted by Crippen LogP contribution is 2.29. The molecule has 9 nitrogen and oxygen atoms in total. The zero-order valence-electron chi connectivity index (χ0n) is 16.0. The van der Waals surface area contributed by atoms with E-state index in [2.05, 4.69) is 10.1 Å². The van der Waals surface area contributed by atoms with Crippen molar-refractivity contribution in [2.24, 2.45) is 0 Å². The van der Waals surface area contributed by atoms with Gasteiger partial charge in [0.1, 0.15) is 18.0 Å². The molecule has 152 valence electrons. The molecular weight excluding hydrogens is 376 g/mol. The minimum absolute atomic E-state index is 0.0234. The van der Waals surface area contributed by atoms with E-state index in [1.165, 1.54) is 0 Å². The van der Waals surface area contributed by atoms with Gasteiger partial charge in [0.2, 0.25) is 11.8 Å². The number of methoxy groups -OCH3 is 1. The maximum atomic E-state index is 12.5. The number of fused-ring (bicyclic) bond motifs is 1. The van der Waals surface area contributed by atoms with E-state index in [1.807, 2.05) is 30.3 Å². The van der Waals surface area contributed by atoms with Crippen LogP contribution in [0.5, 0.6) is 0 Å². The van der Waals surface area contributed by atoms with Gasteiger partial charge in [-0.25, -0.2) is 4.98 Å². The first kappa shape index (κ1) is 20.3. The number of nitrogens with zero attached hydrogens (tertiary/aromatic N) is 4. The average molecular weight is 398 g/mol. The van der Waals surface area contributed by atoms with Gasteiger partial charge in [0, 0.05) is 32.5 Å². The Hall–Kier alpha value is -3.46. The lowest BCUT2D eigenvalue weighted by Gasteiger charge is -2.25. The number of carboxylic acid groups (broad SMARTS) is 1. The quantitative estimate of drug-likeness (QED) is 0.654. The van der Waals surface area contributed by atoms with Gasteiger partial charge in [-0.3, -0.25) is 14.3 Å². The molecular formula is C20H22N4O5. The molecule has 1 aliphatic heterocycles. The van der Waals surface area contributed by atoms with Crippen LogP contribution in [0.15, 0.2) is 53.2 Å². The molecule has 0 saturated carbocycles. The number of amides is 1. The molecule has 1 amide bonds. The van der Waals surface area contributed by atoms with Gasteiger partial charge < -0.3 is 19.2 Å². The standard InChI is InChI=1S/C19H20N4O3.CH2O2/c1-25-18(14-6-3-2-4-7-14)19-21-15-12-22(11-8-16(15)26-19)17(24)13-23-10-5-9-20-23;2-1-3/h2-7,9-10,18H,8,11-13H2,1H3;1H,(H,2,3). The van der Waals surface area contributed by atoms with Crippen LogP contribution in [0.4, 0.5) is 0 Å². The molecule has 3 heterocycles. The van der Waals surface area contributed by atoms with Crippen molar-refractivity contribution in [1.29, 1.82) is 0 Å². The average Bonchev–Trinajstić information content (AvgIpc) is 3.39. The Balaban J connectivity index is 0.000000755. The van der Waals surface area contributed by atoms with Crippen LogP contribution in [-0.2, 0) is 33.8 Å². The summed E-state index contributed by atoms with van der Waals surface area (Å²) in [5, 5.41) is 11.0. The van der Waals surface area contributed by atoms with Crippen molar-refractivity contribution in [3.63, 3.8) is 0 Å². The second-order valence-electron chi connectivity index (χ2n) is 6.32. The van der Waals surface area contributed by atoms with Crippen molar-refractivity contribution in [3.05, 3.63) is 71.7 Å². The summed E-state index contributed by atoms with van der Waals surface area (Å²) in [5.74, 6) is 1.39. The predicted octanol–water partition coefficient (Wildman–Crippen LogP) is 1.89. The molecule has 0 aliphatic carbocycles. The van der Waals surface area contributed by atoms with Gasteiger partial charge in [0.15, 0.2) is 6.10 Å². The predicted molar refractivity (Wildman–Crippen MR) is 102 cm³/mol. The van der Waals surface area contributed by atoms with Crippen molar-refractivity contribution < 1.29 is 23.8 Å². The van der Waals surface area contributed by atoms with Gasteiger partial charge in [-0.1, -0.05) is 30.3 Å². The third-order valence-corrected chi connectivity index (χ3v) is 4.52. The molecule has 3 aromatic rings. The van der Waals surface area contributed by atoms with E-state index >= 15 is 0 Å². The van der Waals surface area contributed by atoms with Gasteiger partial charge in [0.25, 0.3) is 6.47 Å². The molecule has 0 spiro atoms. The van der Waals surface area contributed by atoms with Crippen LogP contribution in [-0.4, -0.2) is 50.8 Å². The zero-order valence-corrected chi connectivity index (χ0v) is 16.0. The number of aromatic nitrogens is 3. The smallest absolute Gasteiger partial charge is 0.290 e. The molecule has 0 fully saturated rings. The Bertz CT molecular complexity index is 924. The summed E-state index contributed by atoms with van der Waals surface area (Å²) >= 11 is 0. The number of ether oxygens (including phenoxy) is 1. The highest BCUT2D eigenvalue weighted by molar-refractivity contribution is 5.76. The van der Waals surface area contributed by atoms with E-state index in [0.717, 1.165) is 17.0 Å². The molecule has 1 aliphatic rings. The van der Waals surface area contributed by atoms with Crippen molar-refractivity contribution in [2.45, 2.75) is 25.6 Å². The van der Waals surface area contributed by atoms with Crippen LogP contribution in [0.3, 0.4) is 0 Å². The van der Waals surface area contributed by atoms with Gasteiger partial charge in [0.05, 0.1) is 6.54 Å². The Morgan fingerprint density at radius 3 is 2.76 bits per heavy atom. The van der Waals surface area contributed by atoms with E-state index in [0.29, 0.717) is 25.4 Å². The van der Waals surface area contributed by atoms with E-state index in [9.17, 15) is 4.79 Å². The number of benzene rings is 1. The second kappa shape index (κ2) is 9.65. The Kier molecular flexibility index (Phi) is 6.75. The zero-order chi connectivity index (χ0) is 20.6. The molecule has 1 unspecified atom stereocenters. The fraction of sp³-hybridized carbons (Fsp3) is 0.300. The molecule has 29 heavy (non-hydrogen) atoms. The molecule has 0 saturated heterocycles. The largest absolute Gasteiger partial charge is 0.483 e. The Labute approximate surface area is 167 Å². The van der Waals surface area contributed by atoms with Crippen molar-refractivity contribution in [3.8, 4) is 0 Å². The van der Waals surface area contributed by atoms with Gasteiger partial charge in [-0.15, -0.1) is 0 Å². The SMILES string of the molecule is COC(c1ccccc1)c1nc2c(o1)CCN(C(=O)Cn1cccn1)C2.O=CO. The Morgan fingerprint density at radius 2 is 2.10 bits per heavy atom. The van der Waals surface area contributed by atoms with Crippen LogP contribution in [0.1, 0.15) is 29.0 Å². The van der Waals surface area contributed by atoms with Crippen LogP contribution >= 0.6 is 0 Å². The maximum absolute atomic E-state index is 12.5. The monoisotopic (exact) mass is 398 g/mol. The number of oxazole rings is 1. The van der Waals surface area contributed by atoms with Crippen LogP contribution in [0, 0.1) is 0 Å². The first-order chi connectivity index (χ1) is 14.2. The fourth-order valence-corrected chi connectivity index (χ4v) is 3.18. The van der Waals surface area contributed by atoms with Crippen molar-refractivity contribution >= 4 is 12.4 Å². The number of hydrogen-bond acceptors (Lipinski definition) is 6. The molecule has 1 atom stereocenters. The molecule has 0 radical (unpaired) electrons. The summed E-state index contributed by atoms with van der Waals surface area (Å²) in [6.45, 7) is 1.05. The third-order valence-electron chi connectivity index (χ3n) is 4.52. The topological polar surface area (TPSA) is 111 Å². The lowest BCUT2D eigenvalue weighted by atomic mass is 10.1. The lowest BCUT2D eigenvalue weighted by Crippen LogP contribution is -2.38. The lowest BCUT2D eigenvalue weighted by molar-refractivity contribution is -0.133. The summed E-state index contributed by atoms with van der Waals surface area (Å²) in [6.07, 6.45) is 3.75. The number of rotatable bonds is 5. The second-order valence-corrected chi connectivity index (χ2v) is 6.32. The first-order valence-corrected chi connectivity index (χ1v) is 9.05. The normalized spacial score (nSPS) is 13.8. The highest BCUT2D eigenvalue weighted by atomic mass is 16.5. The van der Waals surface area contributed by atoms with Gasteiger partial charge >= 0.3 is 0 Å². The highest BCUT2D eigenvalue weighted by Gasteiger charge is 2.28. The summed E-state index contributed by atoms with van der Waals surface area (Å²) in [4.78, 5) is 27.2. The molecule has 2 aromatic heterocycles. The minimum atomic E-state index is -0.352. The number of carbonyl (C=O) groups excluding carboxylic acids is 1. The number of hydrogen-bond donors (Lipinski definition) is 1. The molecule has 1 N–H and O–H groups in total. The molecule has 1 aromatic carbocycles. The Morgan fingerprint density at radius 1 is 1.34 bits per heavy atom. The first-order valence-electron chi connectivity index (χ1n) is 9.05. The van der Waals surface area contributed by atoms with Crippen LogP contribution in [0.2, 0.25) is 0 Å². The van der Waals surface area contributed by atoms with E-state index in [-0.39, 0.29) is 25.0 Å². The van der Waals surface area contributed by atoms with Gasteiger partial charge in [-0.05, 0) is 11.6 Å². The van der Waals surface area contributed by atoms with E-state index in [1.54, 1.807) is 35.2 Å². The minimum Gasteiger partial charge on any atom is -0.483 e. The maximum Gasteiger partial charge on any atom is 0.290 e. The van der Waals surface area contributed by atoms with Crippen molar-refractivity contribution in [1.82, 2.24) is 19.7 Å². The van der Waals surface area contributed by atoms with Crippen LogP contribution in [0.25, 0.3) is 0 Å². The molecule has 4 rings (SSSR count). The van der Waals surface area contributed by atoms with Crippen molar-refractivity contribution in [2.75, 3.05) is 13.7 Å². The van der Waals surface area contributed by atoms with E-state index in [4.69, 9.17) is 19.1 Å². The third kappa shape index (κ3) is 4.88.